The molecule has 2 N–H and O–H groups in total. The smallest absolute Gasteiger partial charge is 0.232 e. The molecule has 1 aromatic heterocycles. The molecule has 0 aliphatic rings. The lowest BCUT2D eigenvalue weighted by Crippen LogP contribution is -2.27. The Morgan fingerprint density at radius 2 is 1.67 bits per heavy atom. The van der Waals surface area contributed by atoms with Crippen LogP contribution in [0.2, 0.25) is 0 Å². The lowest BCUT2D eigenvalue weighted by atomic mass is 9.87. The largest absolute Gasteiger partial charge is 0.339 e. The van der Waals surface area contributed by atoms with Crippen LogP contribution in [0.25, 0.3) is 0 Å². The van der Waals surface area contributed by atoms with Gasteiger partial charge in [-0.25, -0.2) is 0 Å². The third kappa shape index (κ3) is 2.78. The molecule has 0 aliphatic heterocycles. The molecule has 1 atom stereocenters. The third-order valence-corrected chi connectivity index (χ3v) is 2.29. The van der Waals surface area contributed by atoms with Crippen LogP contribution < -0.4 is 5.73 Å². The summed E-state index contributed by atoms with van der Waals surface area (Å²) in [5.41, 5.74) is 5.86. The second kappa shape index (κ2) is 3.59. The zero-order valence-electron chi connectivity index (χ0n) is 10.5. The normalized spacial score (nSPS) is 15.4. The van der Waals surface area contributed by atoms with E-state index < -0.39 is 0 Å². The zero-order valence-corrected chi connectivity index (χ0v) is 10.5. The van der Waals surface area contributed by atoms with Gasteiger partial charge >= 0.3 is 0 Å². The Balaban J connectivity index is 2.95. The number of hydrogen-bond acceptors (Lipinski definition) is 4. The van der Waals surface area contributed by atoms with Crippen LogP contribution in [0.3, 0.4) is 0 Å². The van der Waals surface area contributed by atoms with Crippen molar-refractivity contribution >= 4 is 0 Å². The number of aromatic nitrogens is 2. The molecule has 4 nitrogen and oxygen atoms in total. The van der Waals surface area contributed by atoms with Gasteiger partial charge in [-0.15, -0.1) is 0 Å². The van der Waals surface area contributed by atoms with E-state index in [0.29, 0.717) is 11.7 Å². The van der Waals surface area contributed by atoms with E-state index >= 15 is 0 Å². The minimum absolute atomic E-state index is 0.0565. The Bertz CT molecular complexity index is 330. The lowest BCUT2D eigenvalue weighted by Gasteiger charge is -2.23. The molecule has 0 saturated carbocycles. The van der Waals surface area contributed by atoms with Crippen LogP contribution in [0, 0.1) is 5.41 Å². The summed E-state index contributed by atoms with van der Waals surface area (Å²) in [7, 11) is 0. The minimum atomic E-state index is -0.197. The Labute approximate surface area is 91.2 Å². The van der Waals surface area contributed by atoms with E-state index in [1.807, 2.05) is 20.8 Å². The summed E-state index contributed by atoms with van der Waals surface area (Å²) in [4.78, 5) is 4.35. The monoisotopic (exact) mass is 211 g/mol. The van der Waals surface area contributed by atoms with Crippen LogP contribution in [0.5, 0.6) is 0 Å². The average Bonchev–Trinajstić information content (AvgIpc) is 2.47. The van der Waals surface area contributed by atoms with E-state index in [0.717, 1.165) is 0 Å². The highest BCUT2D eigenvalue weighted by Gasteiger charge is 2.29. The molecule has 4 heteroatoms. The van der Waals surface area contributed by atoms with Gasteiger partial charge in [0.05, 0.1) is 6.04 Å². The second-order valence-corrected chi connectivity index (χ2v) is 6.05. The number of nitrogens with zero attached hydrogens (tertiary/aromatic N) is 2. The third-order valence-electron chi connectivity index (χ3n) is 2.29. The van der Waals surface area contributed by atoms with Crippen molar-refractivity contribution in [2.45, 2.75) is 53.0 Å². The SMILES string of the molecule is CC(C)(C)c1nc(C(N)C(C)(C)C)no1. The molecule has 0 radical (unpaired) electrons. The second-order valence-electron chi connectivity index (χ2n) is 6.05. The first-order chi connectivity index (χ1) is 6.62. The van der Waals surface area contributed by atoms with Crippen LogP contribution in [0.4, 0.5) is 0 Å². The first-order valence-corrected chi connectivity index (χ1v) is 5.22. The number of rotatable bonds is 1. The molecule has 0 aliphatic carbocycles. The van der Waals surface area contributed by atoms with Gasteiger partial charge in [0.15, 0.2) is 5.82 Å². The van der Waals surface area contributed by atoms with Crippen molar-refractivity contribution in [3.8, 4) is 0 Å². The molecule has 0 saturated heterocycles. The van der Waals surface area contributed by atoms with Gasteiger partial charge in [0.2, 0.25) is 5.89 Å². The molecule has 0 amide bonds. The minimum Gasteiger partial charge on any atom is -0.339 e. The standard InChI is InChI=1S/C11H21N3O/c1-10(2,3)7(12)8-13-9(15-14-8)11(4,5)6/h7H,12H2,1-6H3. The van der Waals surface area contributed by atoms with Crippen molar-refractivity contribution in [3.63, 3.8) is 0 Å². The van der Waals surface area contributed by atoms with Crippen molar-refractivity contribution in [2.75, 3.05) is 0 Å². The molecule has 15 heavy (non-hydrogen) atoms. The van der Waals surface area contributed by atoms with E-state index in [4.69, 9.17) is 10.3 Å². The molecule has 0 fully saturated rings. The van der Waals surface area contributed by atoms with Crippen LogP contribution in [-0.4, -0.2) is 10.1 Å². The molecule has 0 spiro atoms. The molecule has 86 valence electrons. The summed E-state index contributed by atoms with van der Waals surface area (Å²) in [6, 6.07) is -0.197. The molecule has 0 aromatic carbocycles. The van der Waals surface area contributed by atoms with E-state index in [2.05, 4.69) is 30.9 Å². The predicted octanol–water partition coefficient (Wildman–Crippen LogP) is 2.41. The topological polar surface area (TPSA) is 64.9 Å². The molecular weight excluding hydrogens is 190 g/mol. The van der Waals surface area contributed by atoms with E-state index in [1.165, 1.54) is 0 Å². The molecule has 0 bridgehead atoms. The highest BCUT2D eigenvalue weighted by molar-refractivity contribution is 5.03. The van der Waals surface area contributed by atoms with Gasteiger partial charge < -0.3 is 10.3 Å². The molecular formula is C11H21N3O. The van der Waals surface area contributed by atoms with Gasteiger partial charge in [-0.3, -0.25) is 0 Å². The summed E-state index contributed by atoms with van der Waals surface area (Å²) in [6.45, 7) is 12.3. The lowest BCUT2D eigenvalue weighted by molar-refractivity contribution is 0.291. The maximum Gasteiger partial charge on any atom is 0.232 e. The first-order valence-electron chi connectivity index (χ1n) is 5.22. The van der Waals surface area contributed by atoms with E-state index in [1.54, 1.807) is 0 Å². The highest BCUT2D eigenvalue weighted by Crippen LogP contribution is 2.30. The van der Waals surface area contributed by atoms with Gasteiger partial charge in [0, 0.05) is 5.41 Å². The van der Waals surface area contributed by atoms with Gasteiger partial charge in [0.25, 0.3) is 0 Å². The summed E-state index contributed by atoms with van der Waals surface area (Å²) in [6.07, 6.45) is 0. The van der Waals surface area contributed by atoms with Crippen LogP contribution in [-0.2, 0) is 5.41 Å². The van der Waals surface area contributed by atoms with Crippen LogP contribution in [0.15, 0.2) is 4.52 Å². The van der Waals surface area contributed by atoms with Crippen molar-refractivity contribution in [3.05, 3.63) is 11.7 Å². The van der Waals surface area contributed by atoms with Gasteiger partial charge in [-0.05, 0) is 5.41 Å². The van der Waals surface area contributed by atoms with Crippen molar-refractivity contribution in [1.82, 2.24) is 10.1 Å². The Kier molecular flexibility index (Phi) is 2.92. The summed E-state index contributed by atoms with van der Waals surface area (Å²) in [5.74, 6) is 1.23. The Morgan fingerprint density at radius 3 is 2.00 bits per heavy atom. The predicted molar refractivity (Wildman–Crippen MR) is 59.4 cm³/mol. The molecule has 1 rings (SSSR count). The van der Waals surface area contributed by atoms with E-state index in [9.17, 15) is 0 Å². The number of hydrogen-bond donors (Lipinski definition) is 1. The molecule has 1 aromatic rings. The van der Waals surface area contributed by atoms with Crippen LogP contribution in [0.1, 0.15) is 59.3 Å². The zero-order chi connectivity index (χ0) is 11.9. The first kappa shape index (κ1) is 12.2. The molecule has 1 unspecified atom stereocenters. The maximum atomic E-state index is 6.04. The van der Waals surface area contributed by atoms with Crippen molar-refractivity contribution in [2.24, 2.45) is 11.1 Å². The Morgan fingerprint density at radius 1 is 1.13 bits per heavy atom. The molecule has 1 heterocycles. The summed E-state index contributed by atoms with van der Waals surface area (Å²) in [5, 5.41) is 3.94. The van der Waals surface area contributed by atoms with Gasteiger partial charge in [-0.1, -0.05) is 46.7 Å². The van der Waals surface area contributed by atoms with Gasteiger partial charge in [-0.2, -0.15) is 4.98 Å². The summed E-state index contributed by atoms with van der Waals surface area (Å²) >= 11 is 0. The fourth-order valence-corrected chi connectivity index (χ4v) is 1.05. The quantitative estimate of drug-likeness (QED) is 0.774. The average molecular weight is 211 g/mol. The summed E-state index contributed by atoms with van der Waals surface area (Å²) < 4.78 is 5.20. The van der Waals surface area contributed by atoms with Gasteiger partial charge in [0.1, 0.15) is 0 Å². The Hall–Kier alpha value is -0.900. The van der Waals surface area contributed by atoms with Crippen molar-refractivity contribution < 1.29 is 4.52 Å². The fraction of sp³-hybridized carbons (Fsp3) is 0.818. The fourth-order valence-electron chi connectivity index (χ4n) is 1.05. The van der Waals surface area contributed by atoms with Crippen LogP contribution >= 0.6 is 0 Å². The maximum absolute atomic E-state index is 6.04. The number of nitrogens with two attached hydrogens (primary N) is 1. The van der Waals surface area contributed by atoms with Crippen molar-refractivity contribution in [1.29, 1.82) is 0 Å². The van der Waals surface area contributed by atoms with E-state index in [-0.39, 0.29) is 16.9 Å². The highest BCUT2D eigenvalue weighted by atomic mass is 16.5.